The summed E-state index contributed by atoms with van der Waals surface area (Å²) in [5.74, 6) is 0. The molecular formula is C20H30. The van der Waals surface area contributed by atoms with Crippen LogP contribution in [0.4, 0.5) is 0 Å². The second-order valence-electron chi connectivity index (χ2n) is 6.22. The Hall–Kier alpha value is -1.30. The first-order valence-corrected chi connectivity index (χ1v) is 7.85. The van der Waals surface area contributed by atoms with E-state index >= 15 is 0 Å². The van der Waals surface area contributed by atoms with Gasteiger partial charge in [0.2, 0.25) is 0 Å². The Morgan fingerprint density at radius 3 is 2.55 bits per heavy atom. The zero-order chi connectivity index (χ0) is 15.0. The molecule has 0 nitrogen and oxygen atoms in total. The molecule has 0 spiro atoms. The van der Waals surface area contributed by atoms with Gasteiger partial charge in [-0.25, -0.2) is 0 Å². The minimum atomic E-state index is 0.491. The number of hydrogen-bond acceptors (Lipinski definition) is 0. The monoisotopic (exact) mass is 270 g/mol. The molecule has 0 radical (unpaired) electrons. The van der Waals surface area contributed by atoms with Crippen molar-refractivity contribution >= 4 is 0 Å². The fourth-order valence-corrected chi connectivity index (χ4v) is 3.53. The maximum absolute atomic E-state index is 4.11. The van der Waals surface area contributed by atoms with Gasteiger partial charge in [0.15, 0.2) is 0 Å². The van der Waals surface area contributed by atoms with Crippen molar-refractivity contribution in [1.82, 2.24) is 0 Å². The highest BCUT2D eigenvalue weighted by Crippen LogP contribution is 2.49. The highest BCUT2D eigenvalue weighted by Gasteiger charge is 2.34. The first kappa shape index (κ1) is 16.8. The molecule has 0 heteroatoms. The first-order chi connectivity index (χ1) is 9.56. The van der Waals surface area contributed by atoms with E-state index in [-0.39, 0.29) is 0 Å². The van der Waals surface area contributed by atoms with Gasteiger partial charge in [-0.15, -0.1) is 0 Å². The summed E-state index contributed by atoms with van der Waals surface area (Å²) >= 11 is 0. The predicted octanol–water partition coefficient (Wildman–Crippen LogP) is 6.54. The lowest BCUT2D eigenvalue weighted by Crippen LogP contribution is -2.17. The fourth-order valence-electron chi connectivity index (χ4n) is 3.53. The van der Waals surface area contributed by atoms with E-state index in [2.05, 4.69) is 45.7 Å². The lowest BCUT2D eigenvalue weighted by atomic mass is 9.75. The van der Waals surface area contributed by atoms with Gasteiger partial charge in [-0.3, -0.25) is 0 Å². The maximum Gasteiger partial charge on any atom is -0.0220 e. The lowest BCUT2D eigenvalue weighted by Gasteiger charge is -2.29. The Labute approximate surface area is 125 Å². The summed E-state index contributed by atoms with van der Waals surface area (Å²) < 4.78 is 0. The van der Waals surface area contributed by atoms with Crippen LogP contribution >= 0.6 is 0 Å². The van der Waals surface area contributed by atoms with Crippen LogP contribution in [0.5, 0.6) is 0 Å². The van der Waals surface area contributed by atoms with Crippen molar-refractivity contribution < 1.29 is 0 Å². The van der Waals surface area contributed by atoms with E-state index in [1.54, 1.807) is 5.57 Å². The van der Waals surface area contributed by atoms with E-state index in [0.29, 0.717) is 5.41 Å². The van der Waals surface area contributed by atoms with E-state index in [4.69, 9.17) is 0 Å². The van der Waals surface area contributed by atoms with Crippen LogP contribution in [0.2, 0.25) is 0 Å². The summed E-state index contributed by atoms with van der Waals surface area (Å²) in [5, 5.41) is 0. The Morgan fingerprint density at radius 2 is 2.00 bits per heavy atom. The molecule has 0 saturated heterocycles. The fraction of sp³-hybridized carbons (Fsp3) is 0.500. The quantitative estimate of drug-likeness (QED) is 0.417. The highest BCUT2D eigenvalue weighted by atomic mass is 14.4. The van der Waals surface area contributed by atoms with Gasteiger partial charge in [-0.1, -0.05) is 68.5 Å². The molecule has 0 bridgehead atoms. The lowest BCUT2D eigenvalue weighted by molar-refractivity contribution is 0.245. The van der Waals surface area contributed by atoms with Crippen LogP contribution in [-0.2, 0) is 0 Å². The first-order valence-electron chi connectivity index (χ1n) is 7.85. The summed E-state index contributed by atoms with van der Waals surface area (Å²) in [5.41, 5.74) is 4.75. The third-order valence-corrected chi connectivity index (χ3v) is 4.45. The second kappa shape index (κ2) is 8.09. The molecule has 0 saturated carbocycles. The van der Waals surface area contributed by atoms with Crippen molar-refractivity contribution in [3.05, 3.63) is 60.8 Å². The summed E-state index contributed by atoms with van der Waals surface area (Å²) in [6.45, 7) is 16.4. The molecule has 0 aromatic carbocycles. The largest absolute Gasteiger partial charge is 0.0991 e. The Balaban J connectivity index is 2.54. The Kier molecular flexibility index (Phi) is 6.78. The summed E-state index contributed by atoms with van der Waals surface area (Å²) in [4.78, 5) is 0. The van der Waals surface area contributed by atoms with Crippen LogP contribution in [0.15, 0.2) is 60.8 Å². The molecule has 0 N–H and O–H groups in total. The summed E-state index contributed by atoms with van der Waals surface area (Å²) in [6, 6.07) is 0. The zero-order valence-corrected chi connectivity index (χ0v) is 13.4. The predicted molar refractivity (Wildman–Crippen MR) is 91.8 cm³/mol. The van der Waals surface area contributed by atoms with Crippen LogP contribution in [0.25, 0.3) is 0 Å². The van der Waals surface area contributed by atoms with Gasteiger partial charge in [0.1, 0.15) is 0 Å². The number of allylic oxidation sites excluding steroid dienone is 7. The molecule has 1 unspecified atom stereocenters. The maximum atomic E-state index is 4.11. The number of rotatable bonds is 9. The van der Waals surface area contributed by atoms with Crippen molar-refractivity contribution in [2.45, 2.75) is 58.8 Å². The van der Waals surface area contributed by atoms with Gasteiger partial charge in [0, 0.05) is 0 Å². The topological polar surface area (TPSA) is 0 Å². The molecule has 1 rings (SSSR count). The standard InChI is InChI=1S/C20H30/c1-6-9-11-17(4)12-10-14-20(13-7-2)15-18(5)19(8-3)16-20/h6,8-9,11H,1,3-4,7,10,12-16H2,2,5H3/b11-9+. The minimum absolute atomic E-state index is 0.491. The van der Waals surface area contributed by atoms with Gasteiger partial charge in [-0.2, -0.15) is 0 Å². The van der Waals surface area contributed by atoms with E-state index in [9.17, 15) is 0 Å². The van der Waals surface area contributed by atoms with Crippen molar-refractivity contribution in [1.29, 1.82) is 0 Å². The minimum Gasteiger partial charge on any atom is -0.0991 e. The van der Waals surface area contributed by atoms with Crippen LogP contribution in [0.3, 0.4) is 0 Å². The average Bonchev–Trinajstić information content (AvgIpc) is 2.73. The zero-order valence-electron chi connectivity index (χ0n) is 13.4. The molecule has 110 valence electrons. The van der Waals surface area contributed by atoms with Crippen molar-refractivity contribution in [2.75, 3.05) is 0 Å². The van der Waals surface area contributed by atoms with Crippen LogP contribution in [0.1, 0.15) is 58.8 Å². The van der Waals surface area contributed by atoms with Gasteiger partial charge >= 0.3 is 0 Å². The van der Waals surface area contributed by atoms with Gasteiger partial charge < -0.3 is 0 Å². The normalized spacial score (nSPS) is 22.5. The molecule has 1 aliphatic carbocycles. The molecule has 0 amide bonds. The molecule has 0 aromatic heterocycles. The highest BCUT2D eigenvalue weighted by molar-refractivity contribution is 5.31. The Bertz CT molecular complexity index is 419. The smallest absolute Gasteiger partial charge is 0.0220 e. The van der Waals surface area contributed by atoms with E-state index in [1.165, 1.54) is 49.7 Å². The van der Waals surface area contributed by atoms with Crippen LogP contribution in [0, 0.1) is 5.41 Å². The number of hydrogen-bond donors (Lipinski definition) is 0. The molecule has 1 aliphatic rings. The van der Waals surface area contributed by atoms with Crippen molar-refractivity contribution in [3.8, 4) is 0 Å². The van der Waals surface area contributed by atoms with Crippen LogP contribution in [-0.4, -0.2) is 0 Å². The molecule has 0 aromatic rings. The SMILES string of the molecule is C=C/C=C/C(=C)CCCC1(CCC)CC(C)=C(C=C)C1. The van der Waals surface area contributed by atoms with Gasteiger partial charge in [0.25, 0.3) is 0 Å². The molecule has 20 heavy (non-hydrogen) atoms. The van der Waals surface area contributed by atoms with Crippen LogP contribution < -0.4 is 0 Å². The summed E-state index contributed by atoms with van der Waals surface area (Å²) in [6.07, 6.45) is 16.7. The summed E-state index contributed by atoms with van der Waals surface area (Å²) in [7, 11) is 0. The van der Waals surface area contributed by atoms with E-state index in [0.717, 1.165) is 6.42 Å². The molecular weight excluding hydrogens is 240 g/mol. The third-order valence-electron chi connectivity index (χ3n) is 4.45. The van der Waals surface area contributed by atoms with Gasteiger partial charge in [-0.05, 0) is 56.4 Å². The van der Waals surface area contributed by atoms with Crippen molar-refractivity contribution in [3.63, 3.8) is 0 Å². The van der Waals surface area contributed by atoms with Gasteiger partial charge in [0.05, 0.1) is 0 Å². The van der Waals surface area contributed by atoms with E-state index in [1.807, 2.05) is 12.2 Å². The van der Waals surface area contributed by atoms with E-state index < -0.39 is 0 Å². The molecule has 0 fully saturated rings. The molecule has 0 aliphatic heterocycles. The van der Waals surface area contributed by atoms with Crippen molar-refractivity contribution in [2.24, 2.45) is 5.41 Å². The Morgan fingerprint density at radius 1 is 1.25 bits per heavy atom. The third kappa shape index (κ3) is 4.67. The molecule has 0 heterocycles. The second-order valence-corrected chi connectivity index (χ2v) is 6.22. The average molecular weight is 270 g/mol. The molecule has 1 atom stereocenters.